The maximum Gasteiger partial charge on any atom is 0.303 e. The minimum atomic E-state index is -0.750. The van der Waals surface area contributed by atoms with Crippen molar-refractivity contribution in [1.82, 2.24) is 10.6 Å². The lowest BCUT2D eigenvalue weighted by atomic mass is 9.80. The number of aliphatic carboxylic acids is 1. The molecule has 1 aliphatic rings. The standard InChI is InChI=1S/C16H30N2O3.ClH/c1-2-3-12-17-15(21)16(10-6-4-7-11-16)18-13-8-5-9-14(19)20;/h18H,2-13H2,1H3,(H,17,21)(H,19,20);1H. The first-order valence-corrected chi connectivity index (χ1v) is 8.36. The van der Waals surface area contributed by atoms with Crippen LogP contribution < -0.4 is 10.6 Å². The fraction of sp³-hybridized carbons (Fsp3) is 0.875. The van der Waals surface area contributed by atoms with Crippen molar-refractivity contribution in [3.63, 3.8) is 0 Å². The molecule has 1 rings (SSSR count). The van der Waals surface area contributed by atoms with Crippen LogP contribution in [0.15, 0.2) is 0 Å². The number of carbonyl (C=O) groups excluding carboxylic acids is 1. The summed E-state index contributed by atoms with van der Waals surface area (Å²) in [5.41, 5.74) is -0.421. The Morgan fingerprint density at radius 2 is 1.73 bits per heavy atom. The molecule has 0 bridgehead atoms. The number of hydrogen-bond acceptors (Lipinski definition) is 3. The zero-order valence-electron chi connectivity index (χ0n) is 13.7. The van der Waals surface area contributed by atoms with Crippen LogP contribution in [0.3, 0.4) is 0 Å². The molecule has 1 aliphatic carbocycles. The van der Waals surface area contributed by atoms with E-state index < -0.39 is 11.5 Å². The highest BCUT2D eigenvalue weighted by Crippen LogP contribution is 2.28. The van der Waals surface area contributed by atoms with Gasteiger partial charge < -0.3 is 15.7 Å². The molecule has 0 saturated heterocycles. The number of halogens is 1. The summed E-state index contributed by atoms with van der Waals surface area (Å²) >= 11 is 0. The van der Waals surface area contributed by atoms with E-state index in [1.807, 2.05) is 0 Å². The van der Waals surface area contributed by atoms with Gasteiger partial charge in [0.25, 0.3) is 0 Å². The highest BCUT2D eigenvalue weighted by atomic mass is 35.5. The average molecular weight is 335 g/mol. The summed E-state index contributed by atoms with van der Waals surface area (Å²) < 4.78 is 0. The molecule has 0 aliphatic heterocycles. The number of carboxylic acid groups (broad SMARTS) is 1. The van der Waals surface area contributed by atoms with E-state index in [-0.39, 0.29) is 24.7 Å². The second kappa shape index (κ2) is 11.7. The van der Waals surface area contributed by atoms with Gasteiger partial charge in [-0.3, -0.25) is 9.59 Å². The van der Waals surface area contributed by atoms with Crippen LogP contribution in [0.5, 0.6) is 0 Å². The van der Waals surface area contributed by atoms with Crippen molar-refractivity contribution in [2.24, 2.45) is 0 Å². The fourth-order valence-electron chi connectivity index (χ4n) is 2.92. The predicted octanol–water partition coefficient (Wildman–Crippen LogP) is 2.87. The molecule has 0 aromatic heterocycles. The monoisotopic (exact) mass is 334 g/mol. The zero-order chi connectivity index (χ0) is 15.6. The van der Waals surface area contributed by atoms with Crippen LogP contribution in [0.2, 0.25) is 0 Å². The molecule has 0 aromatic carbocycles. The normalized spacial score (nSPS) is 16.6. The van der Waals surface area contributed by atoms with Gasteiger partial charge in [0, 0.05) is 13.0 Å². The molecular weight excluding hydrogens is 304 g/mol. The van der Waals surface area contributed by atoms with Crippen molar-refractivity contribution < 1.29 is 14.7 Å². The summed E-state index contributed by atoms with van der Waals surface area (Å²) in [6.45, 7) is 3.58. The predicted molar refractivity (Wildman–Crippen MR) is 90.5 cm³/mol. The third-order valence-corrected chi connectivity index (χ3v) is 4.24. The molecule has 0 unspecified atom stereocenters. The van der Waals surface area contributed by atoms with E-state index >= 15 is 0 Å². The van der Waals surface area contributed by atoms with Crippen LogP contribution in [0.25, 0.3) is 0 Å². The van der Waals surface area contributed by atoms with Gasteiger partial charge in [-0.1, -0.05) is 32.6 Å². The topological polar surface area (TPSA) is 78.4 Å². The number of carbonyl (C=O) groups is 2. The summed E-state index contributed by atoms with van der Waals surface area (Å²) in [6, 6.07) is 0. The number of nitrogens with one attached hydrogen (secondary N) is 2. The minimum Gasteiger partial charge on any atom is -0.481 e. The van der Waals surface area contributed by atoms with Gasteiger partial charge >= 0.3 is 5.97 Å². The van der Waals surface area contributed by atoms with E-state index in [9.17, 15) is 9.59 Å². The van der Waals surface area contributed by atoms with E-state index in [0.717, 1.165) is 51.5 Å². The van der Waals surface area contributed by atoms with E-state index in [4.69, 9.17) is 5.11 Å². The minimum absolute atomic E-state index is 0. The summed E-state index contributed by atoms with van der Waals surface area (Å²) in [7, 11) is 0. The Kier molecular flexibility index (Phi) is 11.3. The third kappa shape index (κ3) is 7.45. The molecule has 6 heteroatoms. The fourth-order valence-corrected chi connectivity index (χ4v) is 2.92. The lowest BCUT2D eigenvalue weighted by molar-refractivity contribution is -0.137. The summed E-state index contributed by atoms with van der Waals surface area (Å²) in [5, 5.41) is 15.1. The highest BCUT2D eigenvalue weighted by molar-refractivity contribution is 5.86. The van der Waals surface area contributed by atoms with Crippen LogP contribution in [-0.4, -0.2) is 35.6 Å². The Hall–Kier alpha value is -0.810. The van der Waals surface area contributed by atoms with E-state index in [1.54, 1.807) is 0 Å². The van der Waals surface area contributed by atoms with Crippen LogP contribution in [0.4, 0.5) is 0 Å². The molecule has 1 saturated carbocycles. The molecule has 0 aromatic rings. The lowest BCUT2D eigenvalue weighted by Crippen LogP contribution is -2.58. The van der Waals surface area contributed by atoms with Crippen molar-refractivity contribution in [3.8, 4) is 0 Å². The molecule has 22 heavy (non-hydrogen) atoms. The van der Waals surface area contributed by atoms with Crippen LogP contribution in [0.1, 0.15) is 71.1 Å². The smallest absolute Gasteiger partial charge is 0.303 e. The molecule has 0 atom stereocenters. The van der Waals surface area contributed by atoms with Crippen molar-refractivity contribution in [1.29, 1.82) is 0 Å². The quantitative estimate of drug-likeness (QED) is 0.537. The average Bonchev–Trinajstić information content (AvgIpc) is 2.47. The van der Waals surface area contributed by atoms with Gasteiger partial charge in [0.2, 0.25) is 5.91 Å². The van der Waals surface area contributed by atoms with E-state index in [2.05, 4.69) is 17.6 Å². The molecule has 5 nitrogen and oxygen atoms in total. The summed E-state index contributed by atoms with van der Waals surface area (Å²) in [6.07, 6.45) is 8.92. The molecule has 0 radical (unpaired) electrons. The van der Waals surface area contributed by atoms with Gasteiger partial charge in [-0.25, -0.2) is 0 Å². The van der Waals surface area contributed by atoms with Crippen molar-refractivity contribution in [2.75, 3.05) is 13.1 Å². The van der Waals surface area contributed by atoms with Gasteiger partial charge in [-0.2, -0.15) is 0 Å². The summed E-state index contributed by atoms with van der Waals surface area (Å²) in [5.74, 6) is -0.617. The maximum atomic E-state index is 12.5. The SMILES string of the molecule is CCCCNC(=O)C1(NCCCCC(=O)O)CCCCC1.Cl. The molecule has 3 N–H and O–H groups in total. The molecule has 0 spiro atoms. The summed E-state index contributed by atoms with van der Waals surface area (Å²) in [4.78, 5) is 23.0. The van der Waals surface area contributed by atoms with Crippen LogP contribution in [-0.2, 0) is 9.59 Å². The van der Waals surface area contributed by atoms with Crippen molar-refractivity contribution in [2.45, 2.75) is 76.7 Å². The largest absolute Gasteiger partial charge is 0.481 e. The molecule has 130 valence electrons. The number of carboxylic acids is 1. The highest BCUT2D eigenvalue weighted by Gasteiger charge is 2.38. The number of hydrogen-bond donors (Lipinski definition) is 3. The maximum absolute atomic E-state index is 12.5. The van der Waals surface area contributed by atoms with Crippen molar-refractivity contribution in [3.05, 3.63) is 0 Å². The first kappa shape index (κ1) is 21.2. The molecular formula is C16H31ClN2O3. The molecule has 0 heterocycles. The molecule has 1 fully saturated rings. The van der Waals surface area contributed by atoms with Crippen molar-refractivity contribution >= 4 is 24.3 Å². The Bertz CT molecular complexity index is 331. The zero-order valence-corrected chi connectivity index (χ0v) is 14.5. The third-order valence-electron chi connectivity index (χ3n) is 4.24. The first-order chi connectivity index (χ1) is 10.1. The second-order valence-electron chi connectivity index (χ2n) is 6.03. The van der Waals surface area contributed by atoms with Gasteiger partial charge in [-0.05, 0) is 38.6 Å². The van der Waals surface area contributed by atoms with Gasteiger partial charge in [0.1, 0.15) is 0 Å². The van der Waals surface area contributed by atoms with Gasteiger partial charge in [-0.15, -0.1) is 12.4 Å². The van der Waals surface area contributed by atoms with E-state index in [0.29, 0.717) is 13.0 Å². The van der Waals surface area contributed by atoms with Crippen LogP contribution >= 0.6 is 12.4 Å². The van der Waals surface area contributed by atoms with E-state index in [1.165, 1.54) is 6.42 Å². The first-order valence-electron chi connectivity index (χ1n) is 8.36. The van der Waals surface area contributed by atoms with Crippen LogP contribution in [0, 0.1) is 0 Å². The number of rotatable bonds is 10. The second-order valence-corrected chi connectivity index (χ2v) is 6.03. The Morgan fingerprint density at radius 3 is 2.32 bits per heavy atom. The van der Waals surface area contributed by atoms with Gasteiger partial charge in [0.15, 0.2) is 0 Å². The Morgan fingerprint density at radius 1 is 1.05 bits per heavy atom. The molecule has 1 amide bonds. The lowest BCUT2D eigenvalue weighted by Gasteiger charge is -2.37. The number of unbranched alkanes of at least 4 members (excludes halogenated alkanes) is 2. The number of amides is 1. The Balaban J connectivity index is 0.00000441. The van der Waals surface area contributed by atoms with Gasteiger partial charge in [0.05, 0.1) is 5.54 Å². The Labute approximate surface area is 140 Å².